The molecule has 15 heavy (non-hydrogen) atoms. The zero-order chi connectivity index (χ0) is 10.8. The fourth-order valence-corrected chi connectivity index (χ4v) is 2.50. The molecule has 0 aromatic rings. The van der Waals surface area contributed by atoms with E-state index in [1.165, 1.54) is 0 Å². The maximum atomic E-state index is 12.5. The molecule has 8 heteroatoms. The molecule has 1 spiro atoms. The second-order valence-corrected chi connectivity index (χ2v) is 4.22. The number of Topliss-reactive ketones (excluding diaryl/α,β-unsaturated/α-hetero) is 1. The van der Waals surface area contributed by atoms with Crippen molar-refractivity contribution in [1.82, 2.24) is 0 Å². The summed E-state index contributed by atoms with van der Waals surface area (Å²) in [7, 11) is 0. The number of halogens is 5. The summed E-state index contributed by atoms with van der Waals surface area (Å²) in [5, 5.41) is 0. The number of rotatable bonds is 1. The molecule has 0 bridgehead atoms. The van der Waals surface area contributed by atoms with E-state index in [0.29, 0.717) is 0 Å². The van der Waals surface area contributed by atoms with E-state index in [0.717, 1.165) is 0 Å². The Balaban J connectivity index is 0.00000112. The molecular formula is C7H7BF5KO. The van der Waals surface area contributed by atoms with E-state index in [1.807, 2.05) is 0 Å². The van der Waals surface area contributed by atoms with Crippen molar-refractivity contribution in [2.45, 2.75) is 31.0 Å². The maximum absolute atomic E-state index is 12.5. The number of alkyl halides is 2. The topological polar surface area (TPSA) is 17.1 Å². The van der Waals surface area contributed by atoms with Crippen molar-refractivity contribution < 1.29 is 77.9 Å². The van der Waals surface area contributed by atoms with Crippen LogP contribution in [-0.2, 0) is 4.79 Å². The summed E-state index contributed by atoms with van der Waals surface area (Å²) >= 11 is 0. The van der Waals surface area contributed by atoms with Gasteiger partial charge in [0.15, 0.2) is 0 Å². The van der Waals surface area contributed by atoms with Gasteiger partial charge in [-0.3, -0.25) is 4.79 Å². The zero-order valence-corrected chi connectivity index (χ0v) is 11.2. The summed E-state index contributed by atoms with van der Waals surface area (Å²) in [6, 6.07) is 0. The molecule has 1 unspecified atom stereocenters. The largest absolute Gasteiger partial charge is 1.00 e. The molecule has 0 amide bonds. The van der Waals surface area contributed by atoms with Crippen LogP contribution in [0.1, 0.15) is 19.3 Å². The van der Waals surface area contributed by atoms with Gasteiger partial charge in [-0.2, -0.15) is 0 Å². The standard InChI is InChI=1S/C7H7BF5O.K/c9-7(10)2-6(3-7)4(1-5(6)14)8(11,12)13;/h4H,1-3H2;/q-1;+1. The monoisotopic (exact) mass is 252 g/mol. The zero-order valence-electron chi connectivity index (χ0n) is 8.07. The molecule has 0 aromatic heterocycles. The molecule has 0 heterocycles. The molecular weight excluding hydrogens is 245 g/mol. The Labute approximate surface area is 126 Å². The molecule has 2 saturated carbocycles. The molecule has 80 valence electrons. The average Bonchev–Trinajstić information content (AvgIpc) is 1.92. The summed E-state index contributed by atoms with van der Waals surface area (Å²) in [4.78, 5) is 11.0. The molecule has 0 radical (unpaired) electrons. The van der Waals surface area contributed by atoms with Crippen molar-refractivity contribution in [2.75, 3.05) is 0 Å². The van der Waals surface area contributed by atoms with E-state index in [4.69, 9.17) is 0 Å². The number of hydrogen-bond donors (Lipinski definition) is 0. The van der Waals surface area contributed by atoms with Gasteiger partial charge in [-0.15, -0.1) is 0 Å². The van der Waals surface area contributed by atoms with Gasteiger partial charge in [0, 0.05) is 18.3 Å². The molecule has 0 saturated heterocycles. The third kappa shape index (κ3) is 2.08. The molecule has 2 fully saturated rings. The number of carbonyl (C=O) groups excluding carboxylic acids is 1. The smallest absolute Gasteiger partial charge is 0.449 e. The van der Waals surface area contributed by atoms with Crippen LogP contribution >= 0.6 is 0 Å². The molecule has 2 aliphatic rings. The second-order valence-electron chi connectivity index (χ2n) is 4.22. The van der Waals surface area contributed by atoms with Crippen molar-refractivity contribution in [1.29, 1.82) is 0 Å². The predicted molar refractivity (Wildman–Crippen MR) is 39.1 cm³/mol. The van der Waals surface area contributed by atoms with E-state index in [9.17, 15) is 26.5 Å². The summed E-state index contributed by atoms with van der Waals surface area (Å²) in [5.74, 6) is -5.50. The van der Waals surface area contributed by atoms with Crippen LogP contribution in [0.25, 0.3) is 0 Å². The van der Waals surface area contributed by atoms with Gasteiger partial charge in [-0.1, -0.05) is 5.82 Å². The SMILES string of the molecule is O=C1CC([B-](F)(F)F)C12CC(F)(F)C2.[K+]. The van der Waals surface area contributed by atoms with Gasteiger partial charge < -0.3 is 12.9 Å². The van der Waals surface area contributed by atoms with Crippen LogP contribution in [0.2, 0.25) is 5.82 Å². The fourth-order valence-electron chi connectivity index (χ4n) is 2.50. The van der Waals surface area contributed by atoms with Crippen LogP contribution in [0, 0.1) is 5.41 Å². The summed E-state index contributed by atoms with van der Waals surface area (Å²) in [6.45, 7) is -5.16. The Morgan fingerprint density at radius 3 is 1.93 bits per heavy atom. The van der Waals surface area contributed by atoms with Crippen LogP contribution in [0.5, 0.6) is 0 Å². The first-order valence-electron chi connectivity index (χ1n) is 4.28. The summed E-state index contributed by atoms with van der Waals surface area (Å²) < 4.78 is 61.9. The van der Waals surface area contributed by atoms with E-state index < -0.39 is 49.2 Å². The van der Waals surface area contributed by atoms with E-state index in [-0.39, 0.29) is 51.4 Å². The third-order valence-electron chi connectivity index (χ3n) is 3.27. The van der Waals surface area contributed by atoms with Gasteiger partial charge in [0.1, 0.15) is 5.78 Å². The van der Waals surface area contributed by atoms with Crippen molar-refractivity contribution in [3.8, 4) is 0 Å². The minimum Gasteiger partial charge on any atom is -0.449 e. The molecule has 2 rings (SSSR count). The van der Waals surface area contributed by atoms with Gasteiger partial charge in [-0.25, -0.2) is 8.78 Å². The van der Waals surface area contributed by atoms with E-state index in [1.54, 1.807) is 0 Å². The Hall–Kier alpha value is 1.02. The minimum atomic E-state index is -5.16. The van der Waals surface area contributed by atoms with Crippen molar-refractivity contribution >= 4 is 12.8 Å². The van der Waals surface area contributed by atoms with E-state index in [2.05, 4.69) is 0 Å². The molecule has 0 aromatic carbocycles. The van der Waals surface area contributed by atoms with Crippen LogP contribution in [-0.4, -0.2) is 18.7 Å². The number of hydrogen-bond acceptors (Lipinski definition) is 1. The average molecular weight is 252 g/mol. The van der Waals surface area contributed by atoms with E-state index >= 15 is 0 Å². The number of carbonyl (C=O) groups is 1. The Kier molecular flexibility index (Phi) is 3.53. The molecule has 0 aliphatic heterocycles. The van der Waals surface area contributed by atoms with Gasteiger partial charge >= 0.3 is 58.4 Å². The first-order valence-corrected chi connectivity index (χ1v) is 4.28. The van der Waals surface area contributed by atoms with Gasteiger partial charge in [0.25, 0.3) is 0 Å². The molecule has 2 aliphatic carbocycles. The predicted octanol–water partition coefficient (Wildman–Crippen LogP) is -0.404. The van der Waals surface area contributed by atoms with Crippen molar-refractivity contribution in [2.24, 2.45) is 5.41 Å². The number of ketones is 1. The molecule has 1 atom stereocenters. The van der Waals surface area contributed by atoms with Crippen molar-refractivity contribution in [3.05, 3.63) is 0 Å². The van der Waals surface area contributed by atoms with Crippen LogP contribution in [0.4, 0.5) is 21.7 Å². The summed E-state index contributed by atoms with van der Waals surface area (Å²) in [6.07, 6.45) is -2.42. The Morgan fingerprint density at radius 1 is 1.20 bits per heavy atom. The van der Waals surface area contributed by atoms with Crippen molar-refractivity contribution in [3.63, 3.8) is 0 Å². The van der Waals surface area contributed by atoms with Gasteiger partial charge in [0.2, 0.25) is 5.92 Å². The first kappa shape index (κ1) is 14.1. The third-order valence-corrected chi connectivity index (χ3v) is 3.27. The van der Waals surface area contributed by atoms with Crippen LogP contribution in [0.15, 0.2) is 0 Å². The van der Waals surface area contributed by atoms with Gasteiger partial charge in [0.05, 0.1) is 0 Å². The minimum absolute atomic E-state index is 0. The second kappa shape index (κ2) is 3.76. The first-order chi connectivity index (χ1) is 6.17. The maximum Gasteiger partial charge on any atom is 1.00 e. The van der Waals surface area contributed by atoms with Gasteiger partial charge in [-0.05, 0) is 6.42 Å². The Bertz CT molecular complexity index is 294. The normalized spacial score (nSPS) is 31.5. The Morgan fingerprint density at radius 2 is 1.67 bits per heavy atom. The molecule has 0 N–H and O–H groups in total. The van der Waals surface area contributed by atoms with Crippen LogP contribution < -0.4 is 51.4 Å². The quantitative estimate of drug-likeness (QED) is 0.458. The molecule has 1 nitrogen and oxygen atoms in total. The summed E-state index contributed by atoms with van der Waals surface area (Å²) in [5.41, 5.74) is -1.75. The van der Waals surface area contributed by atoms with Crippen LogP contribution in [0.3, 0.4) is 0 Å². The fraction of sp³-hybridized carbons (Fsp3) is 0.857.